The number of aryl methyl sites for hydroxylation is 1. The van der Waals surface area contributed by atoms with Crippen LogP contribution in [0.15, 0.2) is 47.1 Å². The van der Waals surface area contributed by atoms with Crippen molar-refractivity contribution in [2.24, 2.45) is 0 Å². The Morgan fingerprint density at radius 2 is 2.12 bits per heavy atom. The summed E-state index contributed by atoms with van der Waals surface area (Å²) in [6.07, 6.45) is 2.18. The zero-order chi connectivity index (χ0) is 17.4. The van der Waals surface area contributed by atoms with E-state index in [1.807, 2.05) is 31.2 Å². The molecule has 1 aliphatic heterocycles. The number of carbonyl (C=O) groups is 2. The molecular formula is C19H19N3O3. The summed E-state index contributed by atoms with van der Waals surface area (Å²) in [5.41, 5.74) is 4.08. The summed E-state index contributed by atoms with van der Waals surface area (Å²) >= 11 is 0. The van der Waals surface area contributed by atoms with Crippen molar-refractivity contribution in [3.05, 3.63) is 59.5 Å². The number of amides is 2. The van der Waals surface area contributed by atoms with Crippen LogP contribution in [-0.2, 0) is 11.3 Å². The summed E-state index contributed by atoms with van der Waals surface area (Å²) in [7, 11) is 0. The normalized spacial score (nSPS) is 17.4. The molecule has 0 aliphatic carbocycles. The maximum Gasteiger partial charge on any atom is 0.268 e. The minimum Gasteiger partial charge on any atom is -0.463 e. The molecule has 6 nitrogen and oxygen atoms in total. The van der Waals surface area contributed by atoms with Crippen molar-refractivity contribution in [3.8, 4) is 0 Å². The molecule has 4 rings (SSSR count). The van der Waals surface area contributed by atoms with Crippen LogP contribution in [0.5, 0.6) is 0 Å². The number of fused-ring (bicyclic) bond motifs is 1. The molecule has 2 amide bonds. The quantitative estimate of drug-likeness (QED) is 0.768. The van der Waals surface area contributed by atoms with E-state index in [2.05, 4.69) is 10.3 Å². The standard InChI is InChI=1S/C19H19N3O3/c1-12-2-4-13(5-3-12)11-22-8-6-15(19(22)24)21-18(23)16-10-17-14(20-16)7-9-25-17/h2-5,7,9-10,15,20H,6,8,11H2,1H3,(H,21,23)/t15-/m0/s1. The Hall–Kier alpha value is -3.02. The van der Waals surface area contributed by atoms with Gasteiger partial charge >= 0.3 is 0 Å². The van der Waals surface area contributed by atoms with E-state index in [9.17, 15) is 9.59 Å². The molecule has 0 saturated carbocycles. The molecule has 128 valence electrons. The van der Waals surface area contributed by atoms with Crippen LogP contribution in [0.4, 0.5) is 0 Å². The maximum absolute atomic E-state index is 12.5. The number of furan rings is 1. The van der Waals surface area contributed by atoms with E-state index >= 15 is 0 Å². The first-order chi connectivity index (χ1) is 12.1. The predicted octanol–water partition coefficient (Wildman–Crippen LogP) is 2.60. The first-order valence-corrected chi connectivity index (χ1v) is 8.31. The van der Waals surface area contributed by atoms with Gasteiger partial charge in [0.2, 0.25) is 5.91 Å². The Morgan fingerprint density at radius 3 is 2.88 bits per heavy atom. The zero-order valence-electron chi connectivity index (χ0n) is 13.9. The molecular weight excluding hydrogens is 318 g/mol. The van der Waals surface area contributed by atoms with Gasteiger partial charge in [-0.1, -0.05) is 29.8 Å². The van der Waals surface area contributed by atoms with Gasteiger partial charge < -0.3 is 19.6 Å². The fraction of sp³-hybridized carbons (Fsp3) is 0.263. The fourth-order valence-corrected chi connectivity index (χ4v) is 3.15. The number of hydrogen-bond donors (Lipinski definition) is 2. The summed E-state index contributed by atoms with van der Waals surface area (Å²) in [4.78, 5) is 29.7. The fourth-order valence-electron chi connectivity index (χ4n) is 3.15. The largest absolute Gasteiger partial charge is 0.463 e. The van der Waals surface area contributed by atoms with Crippen LogP contribution < -0.4 is 5.32 Å². The lowest BCUT2D eigenvalue weighted by Gasteiger charge is -2.17. The molecule has 25 heavy (non-hydrogen) atoms. The topological polar surface area (TPSA) is 78.3 Å². The van der Waals surface area contributed by atoms with Crippen LogP contribution in [0.2, 0.25) is 0 Å². The highest BCUT2D eigenvalue weighted by atomic mass is 16.3. The van der Waals surface area contributed by atoms with Crippen LogP contribution in [0.1, 0.15) is 28.0 Å². The third-order valence-electron chi connectivity index (χ3n) is 4.58. The van der Waals surface area contributed by atoms with Gasteiger partial charge in [0.25, 0.3) is 5.91 Å². The van der Waals surface area contributed by atoms with Crippen molar-refractivity contribution in [3.63, 3.8) is 0 Å². The van der Waals surface area contributed by atoms with Crippen molar-refractivity contribution in [1.29, 1.82) is 0 Å². The van der Waals surface area contributed by atoms with Gasteiger partial charge in [0.15, 0.2) is 5.58 Å². The Kier molecular flexibility index (Phi) is 3.80. The molecule has 6 heteroatoms. The van der Waals surface area contributed by atoms with Crippen LogP contribution in [0, 0.1) is 6.92 Å². The number of nitrogens with one attached hydrogen (secondary N) is 2. The highest BCUT2D eigenvalue weighted by Crippen LogP contribution is 2.18. The summed E-state index contributed by atoms with van der Waals surface area (Å²) in [6.45, 7) is 3.25. The number of H-pyrrole nitrogens is 1. The summed E-state index contributed by atoms with van der Waals surface area (Å²) in [5, 5.41) is 2.82. The van der Waals surface area contributed by atoms with Crippen LogP contribution in [0.25, 0.3) is 11.1 Å². The van der Waals surface area contributed by atoms with Gasteiger partial charge in [-0.3, -0.25) is 9.59 Å². The molecule has 1 aromatic carbocycles. The van der Waals surface area contributed by atoms with E-state index in [4.69, 9.17) is 4.42 Å². The second-order valence-corrected chi connectivity index (χ2v) is 6.44. The zero-order valence-corrected chi connectivity index (χ0v) is 13.9. The van der Waals surface area contributed by atoms with Gasteiger partial charge in [-0.05, 0) is 18.9 Å². The molecule has 1 fully saturated rings. The van der Waals surface area contributed by atoms with Gasteiger partial charge in [0.1, 0.15) is 11.7 Å². The molecule has 1 saturated heterocycles. The number of hydrogen-bond acceptors (Lipinski definition) is 3. The van der Waals surface area contributed by atoms with Crippen molar-refractivity contribution in [2.75, 3.05) is 6.54 Å². The van der Waals surface area contributed by atoms with E-state index in [1.165, 1.54) is 5.56 Å². The molecule has 2 N–H and O–H groups in total. The van der Waals surface area contributed by atoms with E-state index < -0.39 is 6.04 Å². The van der Waals surface area contributed by atoms with Crippen molar-refractivity contribution in [1.82, 2.24) is 15.2 Å². The number of aromatic nitrogens is 1. The van der Waals surface area contributed by atoms with E-state index in [0.717, 1.165) is 11.1 Å². The summed E-state index contributed by atoms with van der Waals surface area (Å²) in [6, 6.07) is 11.1. The van der Waals surface area contributed by atoms with Crippen LogP contribution in [0.3, 0.4) is 0 Å². The van der Waals surface area contributed by atoms with Crippen LogP contribution >= 0.6 is 0 Å². The predicted molar refractivity (Wildman–Crippen MR) is 93.0 cm³/mol. The van der Waals surface area contributed by atoms with Gasteiger partial charge in [0.05, 0.1) is 11.8 Å². The van der Waals surface area contributed by atoms with Gasteiger partial charge in [-0.25, -0.2) is 0 Å². The molecule has 0 radical (unpaired) electrons. The van der Waals surface area contributed by atoms with Gasteiger partial charge in [0, 0.05) is 25.2 Å². The van der Waals surface area contributed by atoms with Gasteiger partial charge in [-0.2, -0.15) is 0 Å². The molecule has 1 atom stereocenters. The molecule has 2 aromatic heterocycles. The lowest BCUT2D eigenvalue weighted by Crippen LogP contribution is -2.41. The number of likely N-dealkylation sites (tertiary alicyclic amines) is 1. The Labute approximate surface area is 144 Å². The molecule has 3 aromatic rings. The molecule has 0 bridgehead atoms. The molecule has 0 unspecified atom stereocenters. The number of rotatable bonds is 4. The minimum absolute atomic E-state index is 0.0378. The van der Waals surface area contributed by atoms with E-state index in [1.54, 1.807) is 23.3 Å². The third kappa shape index (κ3) is 3.03. The second kappa shape index (κ2) is 6.12. The van der Waals surface area contributed by atoms with Crippen LogP contribution in [-0.4, -0.2) is 34.3 Å². The SMILES string of the molecule is Cc1ccc(CN2CC[C@H](NC(=O)c3cc4occc4[nH]3)C2=O)cc1. The number of nitrogens with zero attached hydrogens (tertiary/aromatic N) is 1. The summed E-state index contributed by atoms with van der Waals surface area (Å²) in [5.74, 6) is -0.328. The Morgan fingerprint density at radius 1 is 1.32 bits per heavy atom. The van der Waals surface area contributed by atoms with Gasteiger partial charge in [-0.15, -0.1) is 0 Å². The average Bonchev–Trinajstić information content (AvgIpc) is 3.27. The highest BCUT2D eigenvalue weighted by molar-refractivity contribution is 5.99. The highest BCUT2D eigenvalue weighted by Gasteiger charge is 2.33. The molecule has 3 heterocycles. The monoisotopic (exact) mass is 337 g/mol. The minimum atomic E-state index is -0.479. The lowest BCUT2D eigenvalue weighted by atomic mass is 10.1. The number of carbonyl (C=O) groups excluding carboxylic acids is 2. The van der Waals surface area contributed by atoms with E-state index in [0.29, 0.717) is 30.8 Å². The number of benzene rings is 1. The average molecular weight is 337 g/mol. The molecule has 1 aliphatic rings. The molecule has 0 spiro atoms. The van der Waals surface area contributed by atoms with Crippen molar-refractivity contribution >= 4 is 22.9 Å². The van der Waals surface area contributed by atoms with Crippen molar-refractivity contribution in [2.45, 2.75) is 25.9 Å². The second-order valence-electron chi connectivity index (χ2n) is 6.44. The first kappa shape index (κ1) is 15.5. The summed E-state index contributed by atoms with van der Waals surface area (Å²) < 4.78 is 5.25. The van der Waals surface area contributed by atoms with E-state index in [-0.39, 0.29) is 11.8 Å². The number of aromatic amines is 1. The smallest absolute Gasteiger partial charge is 0.268 e. The maximum atomic E-state index is 12.5. The van der Waals surface area contributed by atoms with Crippen molar-refractivity contribution < 1.29 is 14.0 Å². The Balaban J connectivity index is 1.40. The first-order valence-electron chi connectivity index (χ1n) is 8.31. The lowest BCUT2D eigenvalue weighted by molar-refractivity contribution is -0.129. The third-order valence-corrected chi connectivity index (χ3v) is 4.58. The Bertz CT molecular complexity index is 894.